The summed E-state index contributed by atoms with van der Waals surface area (Å²) >= 11 is 1.04. The number of aryl methyl sites for hydroxylation is 2. The van der Waals surface area contributed by atoms with Crippen molar-refractivity contribution in [2.75, 3.05) is 19.0 Å². The summed E-state index contributed by atoms with van der Waals surface area (Å²) < 4.78 is 16.0. The molecule has 0 aliphatic rings. The van der Waals surface area contributed by atoms with Gasteiger partial charge in [-0.1, -0.05) is 17.3 Å². The molecule has 34 heavy (non-hydrogen) atoms. The van der Waals surface area contributed by atoms with E-state index in [9.17, 15) is 14.4 Å². The predicted octanol–water partition coefficient (Wildman–Crippen LogP) is 3.96. The van der Waals surface area contributed by atoms with E-state index in [1.54, 1.807) is 38.1 Å². The van der Waals surface area contributed by atoms with Crippen molar-refractivity contribution in [1.82, 2.24) is 10.5 Å². The summed E-state index contributed by atoms with van der Waals surface area (Å²) in [4.78, 5) is 37.7. The van der Waals surface area contributed by atoms with Crippen LogP contribution in [0.2, 0.25) is 0 Å². The number of nitrogens with one attached hydrogen (secondary N) is 2. The molecule has 0 aliphatic heterocycles. The lowest BCUT2D eigenvalue weighted by molar-refractivity contribution is -0.115. The number of amides is 2. The molecule has 0 radical (unpaired) electrons. The minimum Gasteiger partial charge on any atom is -0.489 e. The van der Waals surface area contributed by atoms with E-state index in [1.807, 2.05) is 13.8 Å². The first kappa shape index (κ1) is 25.0. The van der Waals surface area contributed by atoms with E-state index in [4.69, 9.17) is 14.0 Å². The Morgan fingerprint density at radius 2 is 1.82 bits per heavy atom. The smallest absolute Gasteiger partial charge is 0.341 e. The highest BCUT2D eigenvalue weighted by molar-refractivity contribution is 7.18. The van der Waals surface area contributed by atoms with Gasteiger partial charge in [0.25, 0.3) is 5.91 Å². The Morgan fingerprint density at radius 3 is 2.41 bits per heavy atom. The van der Waals surface area contributed by atoms with Crippen LogP contribution in [0.5, 0.6) is 5.75 Å². The molecule has 2 N–H and O–H groups in total. The maximum absolute atomic E-state index is 12.7. The Kier molecular flexibility index (Phi) is 8.06. The SMILES string of the molecule is CCOC(=O)c1c(NC(=O)Cc2ccc(OCc3c(C)noc3C)cc2)sc(C(=O)NC)c1C. The summed E-state index contributed by atoms with van der Waals surface area (Å²) in [5.41, 5.74) is 3.12. The van der Waals surface area contributed by atoms with E-state index in [1.165, 1.54) is 7.05 Å². The molecule has 0 saturated carbocycles. The number of rotatable bonds is 9. The van der Waals surface area contributed by atoms with Gasteiger partial charge >= 0.3 is 5.97 Å². The zero-order chi connectivity index (χ0) is 24.8. The number of nitrogens with zero attached hydrogens (tertiary/aromatic N) is 1. The molecule has 0 atom stereocenters. The van der Waals surface area contributed by atoms with Crippen molar-refractivity contribution in [2.24, 2.45) is 0 Å². The molecule has 2 aromatic heterocycles. The number of anilines is 1. The lowest BCUT2D eigenvalue weighted by atomic mass is 10.1. The Balaban J connectivity index is 1.68. The molecule has 10 heteroatoms. The van der Waals surface area contributed by atoms with Crippen molar-refractivity contribution in [3.63, 3.8) is 0 Å². The third kappa shape index (κ3) is 5.63. The summed E-state index contributed by atoms with van der Waals surface area (Å²) in [6.07, 6.45) is 0.0820. The van der Waals surface area contributed by atoms with Crippen LogP contribution < -0.4 is 15.4 Å². The predicted molar refractivity (Wildman–Crippen MR) is 127 cm³/mol. The van der Waals surface area contributed by atoms with Crippen molar-refractivity contribution in [1.29, 1.82) is 0 Å². The summed E-state index contributed by atoms with van der Waals surface area (Å²) in [5.74, 6) is 0.135. The fraction of sp³-hybridized carbons (Fsp3) is 0.333. The van der Waals surface area contributed by atoms with Gasteiger partial charge in [-0.25, -0.2) is 4.79 Å². The Morgan fingerprint density at radius 1 is 1.12 bits per heavy atom. The molecule has 0 unspecified atom stereocenters. The monoisotopic (exact) mass is 485 g/mol. The lowest BCUT2D eigenvalue weighted by Crippen LogP contribution is -2.18. The second kappa shape index (κ2) is 11.0. The van der Waals surface area contributed by atoms with Gasteiger partial charge in [0.2, 0.25) is 5.91 Å². The summed E-state index contributed by atoms with van der Waals surface area (Å²) in [7, 11) is 1.51. The molecule has 0 bridgehead atoms. The normalized spacial score (nSPS) is 10.6. The van der Waals surface area contributed by atoms with E-state index in [0.29, 0.717) is 27.8 Å². The second-order valence-electron chi connectivity index (χ2n) is 7.52. The third-order valence-corrected chi connectivity index (χ3v) is 6.37. The number of ether oxygens (including phenoxy) is 2. The van der Waals surface area contributed by atoms with Crippen LogP contribution in [0.4, 0.5) is 5.00 Å². The van der Waals surface area contributed by atoms with E-state index in [2.05, 4.69) is 15.8 Å². The highest BCUT2D eigenvalue weighted by Gasteiger charge is 2.26. The lowest BCUT2D eigenvalue weighted by Gasteiger charge is -2.09. The molecule has 1 aromatic carbocycles. The molecule has 9 nitrogen and oxygen atoms in total. The highest BCUT2D eigenvalue weighted by atomic mass is 32.1. The quantitative estimate of drug-likeness (QED) is 0.440. The number of hydrogen-bond acceptors (Lipinski definition) is 8. The first-order valence-corrected chi connectivity index (χ1v) is 11.5. The van der Waals surface area contributed by atoms with Crippen molar-refractivity contribution >= 4 is 34.1 Å². The topological polar surface area (TPSA) is 120 Å². The zero-order valence-corrected chi connectivity index (χ0v) is 20.6. The first-order valence-electron chi connectivity index (χ1n) is 10.7. The fourth-order valence-corrected chi connectivity index (χ4v) is 4.46. The van der Waals surface area contributed by atoms with Crippen molar-refractivity contribution < 1.29 is 28.4 Å². The molecule has 0 spiro atoms. The molecule has 2 heterocycles. The third-order valence-electron chi connectivity index (χ3n) is 5.16. The van der Waals surface area contributed by atoms with Gasteiger partial charge in [-0.3, -0.25) is 9.59 Å². The summed E-state index contributed by atoms with van der Waals surface area (Å²) in [6.45, 7) is 7.56. The number of carbonyl (C=O) groups excluding carboxylic acids is 3. The van der Waals surface area contributed by atoms with E-state index in [-0.39, 0.29) is 30.4 Å². The number of esters is 1. The van der Waals surface area contributed by atoms with Crippen molar-refractivity contribution in [3.8, 4) is 5.75 Å². The molecule has 2 amide bonds. The van der Waals surface area contributed by atoms with Gasteiger partial charge in [0.1, 0.15) is 23.1 Å². The molecule has 0 saturated heterocycles. The first-order chi connectivity index (χ1) is 16.2. The molecule has 3 aromatic rings. The number of benzene rings is 1. The van der Waals surface area contributed by atoms with Crippen LogP contribution in [0.15, 0.2) is 28.8 Å². The van der Waals surface area contributed by atoms with E-state index in [0.717, 1.165) is 33.9 Å². The van der Waals surface area contributed by atoms with E-state index < -0.39 is 5.97 Å². The molecule has 0 aliphatic carbocycles. The van der Waals surface area contributed by atoms with Gasteiger partial charge in [-0.15, -0.1) is 11.3 Å². The largest absolute Gasteiger partial charge is 0.489 e. The van der Waals surface area contributed by atoms with Gasteiger partial charge in [-0.05, 0) is 51.0 Å². The van der Waals surface area contributed by atoms with Crippen molar-refractivity contribution in [2.45, 2.75) is 40.7 Å². The fourth-order valence-electron chi connectivity index (χ4n) is 3.30. The van der Waals surface area contributed by atoms with Crippen LogP contribution in [-0.4, -0.2) is 36.6 Å². The van der Waals surface area contributed by atoms with Gasteiger partial charge in [0.15, 0.2) is 0 Å². The van der Waals surface area contributed by atoms with Gasteiger partial charge in [-0.2, -0.15) is 0 Å². The highest BCUT2D eigenvalue weighted by Crippen LogP contribution is 2.34. The Labute approximate surface area is 201 Å². The summed E-state index contributed by atoms with van der Waals surface area (Å²) in [5, 5.41) is 9.50. The zero-order valence-electron chi connectivity index (χ0n) is 19.7. The van der Waals surface area contributed by atoms with Gasteiger partial charge < -0.3 is 24.6 Å². The average Bonchev–Trinajstić information content (AvgIpc) is 3.30. The minimum atomic E-state index is -0.582. The number of carbonyl (C=O) groups is 3. The molecule has 180 valence electrons. The standard InChI is InChI=1S/C24H27N3O6S/c1-6-31-24(30)20-13(2)21(22(29)25-5)34-23(20)26-19(28)11-16-7-9-17(10-8-16)32-12-18-14(3)27-33-15(18)4/h7-10H,6,11-12H2,1-5H3,(H,25,29)(H,26,28). The Hall–Kier alpha value is -3.66. The van der Waals surface area contributed by atoms with E-state index >= 15 is 0 Å². The summed E-state index contributed by atoms with van der Waals surface area (Å²) in [6, 6.07) is 7.15. The Bertz CT molecular complexity index is 1180. The average molecular weight is 486 g/mol. The van der Waals surface area contributed by atoms with Crippen LogP contribution in [-0.2, 0) is 22.6 Å². The molecular weight excluding hydrogens is 458 g/mol. The van der Waals surface area contributed by atoms with Crippen LogP contribution in [0, 0.1) is 20.8 Å². The maximum Gasteiger partial charge on any atom is 0.341 e. The minimum absolute atomic E-state index is 0.0820. The van der Waals surface area contributed by atoms with Crippen LogP contribution in [0.25, 0.3) is 0 Å². The van der Waals surface area contributed by atoms with Gasteiger partial charge in [0.05, 0.1) is 34.7 Å². The molecule has 3 rings (SSSR count). The van der Waals surface area contributed by atoms with Crippen LogP contribution in [0.3, 0.4) is 0 Å². The maximum atomic E-state index is 12.7. The van der Waals surface area contributed by atoms with Crippen LogP contribution in [0.1, 0.15) is 55.1 Å². The van der Waals surface area contributed by atoms with Gasteiger partial charge in [0, 0.05) is 7.05 Å². The number of aromatic nitrogens is 1. The molecular formula is C24H27N3O6S. The van der Waals surface area contributed by atoms with Crippen LogP contribution >= 0.6 is 11.3 Å². The molecule has 0 fully saturated rings. The number of thiophene rings is 1. The van der Waals surface area contributed by atoms with Crippen molar-refractivity contribution in [3.05, 3.63) is 62.9 Å². The second-order valence-corrected chi connectivity index (χ2v) is 8.54. The number of hydrogen-bond donors (Lipinski definition) is 2.